The number of hydrogen-bond acceptors (Lipinski definition) is 15. The first-order chi connectivity index (χ1) is 49.7. The molecule has 0 aromatic carbocycles. The summed E-state index contributed by atoms with van der Waals surface area (Å²) in [6, 6.07) is 0. The van der Waals surface area contributed by atoms with E-state index in [-0.39, 0.29) is 25.7 Å². The third kappa shape index (κ3) is 74.5. The van der Waals surface area contributed by atoms with Crippen LogP contribution in [0.3, 0.4) is 0 Å². The molecule has 0 aliphatic carbocycles. The zero-order valence-electron chi connectivity index (χ0n) is 64.8. The van der Waals surface area contributed by atoms with E-state index in [0.717, 1.165) is 128 Å². The van der Waals surface area contributed by atoms with Crippen LogP contribution in [0, 0.1) is 0 Å². The first kappa shape index (κ1) is 98.2. The summed E-state index contributed by atoms with van der Waals surface area (Å²) in [7, 11) is -9.97. The zero-order valence-corrected chi connectivity index (χ0v) is 66.6. The molecule has 19 heteroatoms. The van der Waals surface area contributed by atoms with Crippen molar-refractivity contribution < 1.29 is 80.2 Å². The van der Waals surface area contributed by atoms with Crippen molar-refractivity contribution in [2.24, 2.45) is 0 Å². The van der Waals surface area contributed by atoms with Crippen LogP contribution in [0.1, 0.15) is 362 Å². The number of carbonyl (C=O) groups is 4. The summed E-state index contributed by atoms with van der Waals surface area (Å²) in [6.45, 7) is 4.79. The van der Waals surface area contributed by atoms with Crippen LogP contribution in [0.15, 0.2) is 85.1 Å². The first-order valence-corrected chi connectivity index (χ1v) is 43.8. The topological polar surface area (TPSA) is 237 Å². The van der Waals surface area contributed by atoms with E-state index >= 15 is 0 Å². The molecule has 0 spiro atoms. The lowest BCUT2D eigenvalue weighted by Crippen LogP contribution is -2.30. The summed E-state index contributed by atoms with van der Waals surface area (Å²) >= 11 is 0. The van der Waals surface area contributed by atoms with Crippen LogP contribution in [-0.2, 0) is 65.4 Å². The molecule has 2 unspecified atom stereocenters. The largest absolute Gasteiger partial charge is 0.472 e. The van der Waals surface area contributed by atoms with Crippen molar-refractivity contribution >= 4 is 39.5 Å². The molecule has 0 aromatic heterocycles. The van der Waals surface area contributed by atoms with Crippen molar-refractivity contribution in [1.29, 1.82) is 0 Å². The highest BCUT2D eigenvalue weighted by Gasteiger charge is 2.30. The summed E-state index contributed by atoms with van der Waals surface area (Å²) in [5, 5.41) is 10.6. The number of rotatable bonds is 77. The highest BCUT2D eigenvalue weighted by Crippen LogP contribution is 2.45. The van der Waals surface area contributed by atoms with Gasteiger partial charge in [-0.3, -0.25) is 37.3 Å². The number of phosphoric ester groups is 2. The van der Waals surface area contributed by atoms with Crippen LogP contribution < -0.4 is 0 Å². The first-order valence-electron chi connectivity index (χ1n) is 40.8. The Bertz CT molecular complexity index is 2260. The molecule has 0 amide bonds. The highest BCUT2D eigenvalue weighted by molar-refractivity contribution is 7.47. The van der Waals surface area contributed by atoms with Gasteiger partial charge >= 0.3 is 39.5 Å². The molecule has 0 saturated heterocycles. The number of ether oxygens (including phenoxy) is 4. The van der Waals surface area contributed by atoms with Crippen LogP contribution >= 0.6 is 15.6 Å². The number of phosphoric acid groups is 2. The molecule has 0 aliphatic rings. The monoisotopic (exact) mass is 1480 g/mol. The van der Waals surface area contributed by atoms with Gasteiger partial charge in [0.1, 0.15) is 19.3 Å². The smallest absolute Gasteiger partial charge is 0.462 e. The fraction of sp³-hybridized carbons (Fsp3) is 0.783. The Hall–Kier alpha value is -3.76. The number of carbonyl (C=O) groups excluding carboxylic acids is 4. The Balaban J connectivity index is 5.41. The van der Waals surface area contributed by atoms with Crippen molar-refractivity contribution in [3.8, 4) is 0 Å². The van der Waals surface area contributed by atoms with Crippen molar-refractivity contribution in [3.63, 3.8) is 0 Å². The maximum absolute atomic E-state index is 13.1. The summed E-state index contributed by atoms with van der Waals surface area (Å²) in [6.07, 6.45) is 78.6. The van der Waals surface area contributed by atoms with Crippen LogP contribution in [0.2, 0.25) is 0 Å². The number of aliphatic hydroxyl groups excluding tert-OH is 1. The second-order valence-electron chi connectivity index (χ2n) is 27.4. The molecule has 102 heavy (non-hydrogen) atoms. The van der Waals surface area contributed by atoms with Gasteiger partial charge in [-0.25, -0.2) is 9.13 Å². The Morgan fingerprint density at radius 2 is 0.500 bits per heavy atom. The summed E-state index contributed by atoms with van der Waals surface area (Å²) in [5.41, 5.74) is 0. The predicted octanol–water partition coefficient (Wildman–Crippen LogP) is 23.8. The Morgan fingerprint density at radius 3 is 0.824 bits per heavy atom. The SMILES string of the molecule is CCCCC/C=C\C/C=C\C/C=C\C/C=C\C/C=C\CCC(=O)O[C@H](COC(=O)CCCCCCC/C=C\CCCCCCCC)COP(=O)(O)OC[C@@H](O)COP(=O)(O)OC[C@@H](COC(=O)CCCCCCC/C=C\CCCCCCCC)OC(=O)CCCCCCCCCCCCCCC. The molecular weight excluding hydrogens is 1330 g/mol. The lowest BCUT2D eigenvalue weighted by atomic mass is 10.0. The van der Waals surface area contributed by atoms with Crippen molar-refractivity contribution in [3.05, 3.63) is 85.1 Å². The van der Waals surface area contributed by atoms with Crippen molar-refractivity contribution in [1.82, 2.24) is 0 Å². The molecule has 592 valence electrons. The fourth-order valence-corrected chi connectivity index (χ4v) is 12.7. The van der Waals surface area contributed by atoms with Crippen LogP contribution in [0.5, 0.6) is 0 Å². The van der Waals surface area contributed by atoms with Gasteiger partial charge in [-0.15, -0.1) is 0 Å². The number of unbranched alkanes of at least 4 members (excludes halogenated alkanes) is 37. The number of hydrogen-bond donors (Lipinski definition) is 3. The van der Waals surface area contributed by atoms with Crippen molar-refractivity contribution in [2.75, 3.05) is 39.6 Å². The zero-order chi connectivity index (χ0) is 74.6. The molecule has 0 saturated carbocycles. The summed E-state index contributed by atoms with van der Waals surface area (Å²) in [4.78, 5) is 73.0. The molecule has 0 aromatic rings. The Morgan fingerprint density at radius 1 is 0.275 bits per heavy atom. The second kappa shape index (κ2) is 75.5. The third-order valence-electron chi connectivity index (χ3n) is 17.3. The highest BCUT2D eigenvalue weighted by atomic mass is 31.2. The van der Waals surface area contributed by atoms with E-state index in [4.69, 9.17) is 37.0 Å². The standard InChI is InChI=1S/C83H148O17P2/c1-5-9-13-17-21-25-29-33-36-37-38-39-42-46-50-54-58-62-66-70-83(88)100-79(74-94-81(86)68-64-60-56-52-48-45-41-35-31-27-23-19-15-11-7-3)76-98-102(91,92)96-72-77(84)71-95-101(89,90)97-75-78(99-82(87)69-65-61-57-53-49-43-32-28-24-20-16-12-8-4)73-93-80(85)67-63-59-55-51-47-44-40-34-30-26-22-18-14-10-6-2/h21,25,33-36,38-41,46,50,58,62,77-79,84H,5-20,22-24,26-32,37,42-45,47-49,51-57,59-61,63-76H2,1-4H3,(H,89,90)(H,91,92)/b25-21-,36-33-,39-38-,40-34-,41-35-,50-46-,62-58-/t77-,78+,79+/m0/s1. The Labute approximate surface area is 621 Å². The minimum absolute atomic E-state index is 0.0283. The van der Waals surface area contributed by atoms with Gasteiger partial charge in [0.15, 0.2) is 12.2 Å². The molecule has 0 fully saturated rings. The van der Waals surface area contributed by atoms with Gasteiger partial charge in [0.05, 0.1) is 26.4 Å². The minimum Gasteiger partial charge on any atom is -0.462 e. The van der Waals surface area contributed by atoms with E-state index in [0.29, 0.717) is 32.1 Å². The third-order valence-corrected chi connectivity index (χ3v) is 19.2. The van der Waals surface area contributed by atoms with Gasteiger partial charge in [-0.2, -0.15) is 0 Å². The molecule has 0 heterocycles. The maximum Gasteiger partial charge on any atom is 0.472 e. The summed E-state index contributed by atoms with van der Waals surface area (Å²) < 4.78 is 68.5. The lowest BCUT2D eigenvalue weighted by Gasteiger charge is -2.21. The van der Waals surface area contributed by atoms with E-state index in [9.17, 15) is 43.2 Å². The molecule has 3 N–H and O–H groups in total. The molecule has 0 aliphatic heterocycles. The normalized spacial score (nSPS) is 14.3. The lowest BCUT2D eigenvalue weighted by molar-refractivity contribution is -0.161. The molecule has 0 bridgehead atoms. The van der Waals surface area contributed by atoms with E-state index in [1.807, 2.05) is 18.2 Å². The van der Waals surface area contributed by atoms with Gasteiger partial charge in [-0.05, 0) is 116 Å². The van der Waals surface area contributed by atoms with Crippen LogP contribution in [-0.4, -0.2) is 96.7 Å². The average Bonchev–Trinajstić information content (AvgIpc) is 0.908. The Kier molecular flexibility index (Phi) is 72.7. The van der Waals surface area contributed by atoms with Gasteiger partial charge < -0.3 is 33.8 Å². The summed E-state index contributed by atoms with van der Waals surface area (Å²) in [5.74, 6) is -2.26. The average molecular weight is 1480 g/mol. The molecule has 5 atom stereocenters. The minimum atomic E-state index is -5.00. The molecular formula is C83H148O17P2. The number of aliphatic hydroxyl groups is 1. The van der Waals surface area contributed by atoms with Crippen molar-refractivity contribution in [2.45, 2.75) is 380 Å². The van der Waals surface area contributed by atoms with Crippen LogP contribution in [0.4, 0.5) is 0 Å². The van der Waals surface area contributed by atoms with Gasteiger partial charge in [-0.1, -0.05) is 305 Å². The van der Waals surface area contributed by atoms with E-state index in [1.54, 1.807) is 0 Å². The van der Waals surface area contributed by atoms with E-state index < -0.39 is 97.5 Å². The van der Waals surface area contributed by atoms with E-state index in [1.165, 1.54) is 148 Å². The van der Waals surface area contributed by atoms with Gasteiger partial charge in [0.25, 0.3) is 0 Å². The maximum atomic E-state index is 13.1. The predicted molar refractivity (Wildman–Crippen MR) is 418 cm³/mol. The van der Waals surface area contributed by atoms with Crippen LogP contribution in [0.25, 0.3) is 0 Å². The second-order valence-corrected chi connectivity index (χ2v) is 30.3. The van der Waals surface area contributed by atoms with E-state index in [2.05, 4.69) is 94.5 Å². The van der Waals surface area contributed by atoms with Gasteiger partial charge in [0.2, 0.25) is 0 Å². The fourth-order valence-electron chi connectivity index (χ4n) is 11.1. The number of allylic oxidation sites excluding steroid dienone is 14. The number of esters is 4. The van der Waals surface area contributed by atoms with Gasteiger partial charge in [0, 0.05) is 25.7 Å². The molecule has 0 rings (SSSR count). The molecule has 17 nitrogen and oxygen atoms in total. The quantitative estimate of drug-likeness (QED) is 0.0169. The molecule has 0 radical (unpaired) electrons.